The fraction of sp³-hybridized carbons (Fsp3) is 0.300. The summed E-state index contributed by atoms with van der Waals surface area (Å²) in [6.07, 6.45) is 0. The highest BCUT2D eigenvalue weighted by Crippen LogP contribution is 2.32. The van der Waals surface area contributed by atoms with Crippen LogP contribution in [0.15, 0.2) is 21.1 Å². The lowest BCUT2D eigenvalue weighted by Gasteiger charge is -2.10. The third kappa shape index (κ3) is 3.59. The van der Waals surface area contributed by atoms with Crippen LogP contribution in [-0.2, 0) is 9.53 Å². The van der Waals surface area contributed by atoms with Crippen molar-refractivity contribution in [1.82, 2.24) is 0 Å². The minimum Gasteiger partial charge on any atom is -0.375 e. The number of methoxy groups -OCH3 is 1. The van der Waals surface area contributed by atoms with Crippen LogP contribution in [0.2, 0.25) is 0 Å². The molecule has 0 aliphatic carbocycles. The molecule has 15 heavy (non-hydrogen) atoms. The van der Waals surface area contributed by atoms with E-state index >= 15 is 0 Å². The van der Waals surface area contributed by atoms with Crippen molar-refractivity contribution >= 4 is 43.5 Å². The van der Waals surface area contributed by atoms with Crippen LogP contribution in [0, 0.1) is 6.92 Å². The molecule has 0 aliphatic heterocycles. The zero-order valence-electron chi connectivity index (χ0n) is 8.43. The SMILES string of the molecule is COCC(=O)Nc1c(Br)cc(C)cc1Br. The van der Waals surface area contributed by atoms with Crippen LogP contribution in [0.1, 0.15) is 5.56 Å². The quantitative estimate of drug-likeness (QED) is 0.921. The average Bonchev–Trinajstić information content (AvgIpc) is 2.11. The summed E-state index contributed by atoms with van der Waals surface area (Å²) in [5, 5.41) is 2.75. The predicted octanol–water partition coefficient (Wildman–Crippen LogP) is 3.10. The Morgan fingerprint density at radius 1 is 1.40 bits per heavy atom. The number of benzene rings is 1. The van der Waals surface area contributed by atoms with E-state index in [1.165, 1.54) is 7.11 Å². The number of hydrogen-bond donors (Lipinski definition) is 1. The lowest BCUT2D eigenvalue weighted by atomic mass is 10.2. The van der Waals surface area contributed by atoms with Crippen LogP contribution in [0.3, 0.4) is 0 Å². The van der Waals surface area contributed by atoms with Crippen LogP contribution in [0.5, 0.6) is 0 Å². The Kier molecular flexibility index (Phi) is 4.76. The van der Waals surface area contributed by atoms with Crippen molar-refractivity contribution in [2.75, 3.05) is 19.0 Å². The first-order valence-electron chi connectivity index (χ1n) is 4.29. The van der Waals surface area contributed by atoms with Crippen molar-refractivity contribution < 1.29 is 9.53 Å². The lowest BCUT2D eigenvalue weighted by Crippen LogP contribution is -2.17. The smallest absolute Gasteiger partial charge is 0.250 e. The van der Waals surface area contributed by atoms with Gasteiger partial charge in [0.05, 0.1) is 5.69 Å². The van der Waals surface area contributed by atoms with E-state index in [2.05, 4.69) is 37.2 Å². The van der Waals surface area contributed by atoms with Gasteiger partial charge in [-0.3, -0.25) is 4.79 Å². The second kappa shape index (κ2) is 5.63. The lowest BCUT2D eigenvalue weighted by molar-refractivity contribution is -0.119. The summed E-state index contributed by atoms with van der Waals surface area (Å²) in [4.78, 5) is 11.3. The van der Waals surface area contributed by atoms with E-state index in [9.17, 15) is 4.79 Å². The van der Waals surface area contributed by atoms with Gasteiger partial charge in [-0.15, -0.1) is 0 Å². The van der Waals surface area contributed by atoms with Crippen molar-refractivity contribution in [3.8, 4) is 0 Å². The fourth-order valence-corrected chi connectivity index (χ4v) is 2.74. The van der Waals surface area contributed by atoms with E-state index in [1.54, 1.807) is 0 Å². The molecular weight excluding hydrogens is 326 g/mol. The third-order valence-electron chi connectivity index (χ3n) is 1.73. The number of carbonyl (C=O) groups excluding carboxylic acids is 1. The summed E-state index contributed by atoms with van der Waals surface area (Å²) in [6, 6.07) is 3.88. The van der Waals surface area contributed by atoms with Gasteiger partial charge in [0, 0.05) is 16.1 Å². The molecule has 0 radical (unpaired) electrons. The minimum atomic E-state index is -0.178. The molecule has 0 unspecified atom stereocenters. The van der Waals surface area contributed by atoms with Crippen LogP contribution in [0.4, 0.5) is 5.69 Å². The molecule has 1 aromatic carbocycles. The molecule has 1 N–H and O–H groups in total. The van der Waals surface area contributed by atoms with Gasteiger partial charge in [0.1, 0.15) is 6.61 Å². The Bertz CT molecular complexity index is 357. The molecular formula is C10H11Br2NO2. The second-order valence-electron chi connectivity index (χ2n) is 3.08. The molecule has 0 heterocycles. The molecule has 0 saturated carbocycles. The van der Waals surface area contributed by atoms with Crippen molar-refractivity contribution in [1.29, 1.82) is 0 Å². The van der Waals surface area contributed by atoms with Crippen LogP contribution in [0.25, 0.3) is 0 Å². The number of anilines is 1. The first-order chi connectivity index (χ1) is 7.04. The van der Waals surface area contributed by atoms with Gasteiger partial charge in [0.15, 0.2) is 0 Å². The van der Waals surface area contributed by atoms with Gasteiger partial charge in [-0.1, -0.05) is 0 Å². The number of carbonyl (C=O) groups is 1. The molecule has 1 amide bonds. The van der Waals surface area contributed by atoms with Crippen molar-refractivity contribution in [2.24, 2.45) is 0 Å². The Hall–Kier alpha value is -0.390. The van der Waals surface area contributed by atoms with E-state index in [0.717, 1.165) is 20.2 Å². The number of aryl methyl sites for hydroxylation is 1. The molecule has 0 bridgehead atoms. The number of amides is 1. The van der Waals surface area contributed by atoms with Crippen LogP contribution >= 0.6 is 31.9 Å². The van der Waals surface area contributed by atoms with Gasteiger partial charge in [-0.05, 0) is 56.5 Å². The minimum absolute atomic E-state index is 0.0484. The van der Waals surface area contributed by atoms with Gasteiger partial charge < -0.3 is 10.1 Å². The molecule has 1 rings (SSSR count). The van der Waals surface area contributed by atoms with E-state index < -0.39 is 0 Å². The monoisotopic (exact) mass is 335 g/mol. The van der Waals surface area contributed by atoms with Gasteiger partial charge in [-0.2, -0.15) is 0 Å². The molecule has 3 nitrogen and oxygen atoms in total. The van der Waals surface area contributed by atoms with E-state index in [1.807, 2.05) is 19.1 Å². The first-order valence-corrected chi connectivity index (χ1v) is 5.87. The average molecular weight is 337 g/mol. The maximum atomic E-state index is 11.3. The maximum absolute atomic E-state index is 11.3. The molecule has 0 atom stereocenters. The molecule has 1 aromatic rings. The zero-order chi connectivity index (χ0) is 11.4. The number of ether oxygens (including phenoxy) is 1. The Balaban J connectivity index is 2.90. The highest BCUT2D eigenvalue weighted by molar-refractivity contribution is 9.11. The Morgan fingerprint density at radius 2 is 1.93 bits per heavy atom. The normalized spacial score (nSPS) is 10.1. The summed E-state index contributed by atoms with van der Waals surface area (Å²) in [6.45, 7) is 2.03. The predicted molar refractivity (Wildman–Crippen MR) is 67.1 cm³/mol. The first kappa shape index (κ1) is 12.7. The van der Waals surface area contributed by atoms with Crippen molar-refractivity contribution in [2.45, 2.75) is 6.92 Å². The Morgan fingerprint density at radius 3 is 2.40 bits per heavy atom. The van der Waals surface area contributed by atoms with Gasteiger partial charge >= 0.3 is 0 Å². The van der Waals surface area contributed by atoms with E-state index in [4.69, 9.17) is 4.74 Å². The topological polar surface area (TPSA) is 38.3 Å². The van der Waals surface area contributed by atoms with E-state index in [0.29, 0.717) is 0 Å². The van der Waals surface area contributed by atoms with Crippen LogP contribution < -0.4 is 5.32 Å². The number of rotatable bonds is 3. The number of halogens is 2. The molecule has 0 spiro atoms. The second-order valence-corrected chi connectivity index (χ2v) is 4.79. The summed E-state index contributed by atoms with van der Waals surface area (Å²) in [5.74, 6) is -0.178. The molecule has 0 aromatic heterocycles. The third-order valence-corrected chi connectivity index (χ3v) is 2.98. The molecule has 0 aliphatic rings. The van der Waals surface area contributed by atoms with Gasteiger partial charge in [0.25, 0.3) is 0 Å². The number of hydrogen-bond acceptors (Lipinski definition) is 2. The largest absolute Gasteiger partial charge is 0.375 e. The summed E-state index contributed by atoms with van der Waals surface area (Å²) in [7, 11) is 1.48. The molecule has 0 saturated heterocycles. The number of nitrogens with one attached hydrogen (secondary N) is 1. The van der Waals surface area contributed by atoms with Gasteiger partial charge in [-0.25, -0.2) is 0 Å². The maximum Gasteiger partial charge on any atom is 0.250 e. The summed E-state index contributed by atoms with van der Waals surface area (Å²) < 4.78 is 6.43. The molecule has 82 valence electrons. The summed E-state index contributed by atoms with van der Waals surface area (Å²) in [5.41, 5.74) is 1.83. The van der Waals surface area contributed by atoms with E-state index in [-0.39, 0.29) is 12.5 Å². The zero-order valence-corrected chi connectivity index (χ0v) is 11.6. The molecule has 0 fully saturated rings. The van der Waals surface area contributed by atoms with Gasteiger partial charge in [0.2, 0.25) is 5.91 Å². The highest BCUT2D eigenvalue weighted by atomic mass is 79.9. The Labute approximate surface area is 105 Å². The van der Waals surface area contributed by atoms with Crippen LogP contribution in [-0.4, -0.2) is 19.6 Å². The van der Waals surface area contributed by atoms with Crippen molar-refractivity contribution in [3.63, 3.8) is 0 Å². The van der Waals surface area contributed by atoms with Crippen molar-refractivity contribution in [3.05, 3.63) is 26.6 Å². The summed E-state index contributed by atoms with van der Waals surface area (Å²) >= 11 is 6.78. The molecule has 5 heteroatoms. The standard InChI is InChI=1S/C10H11Br2NO2/c1-6-3-7(11)10(8(12)4-6)13-9(14)5-15-2/h3-4H,5H2,1-2H3,(H,13,14). The fourth-order valence-electron chi connectivity index (χ4n) is 1.13. The highest BCUT2D eigenvalue weighted by Gasteiger charge is 2.09.